The van der Waals surface area contributed by atoms with Crippen LogP contribution in [-0.2, 0) is 0 Å². The second-order valence-electron chi connectivity index (χ2n) is 4.95. The smallest absolute Gasteiger partial charge is 0.101 e. The number of rotatable bonds is 2. The molecule has 0 saturated carbocycles. The fourth-order valence-electron chi connectivity index (χ4n) is 2.68. The van der Waals surface area contributed by atoms with E-state index in [1.807, 2.05) is 36.5 Å². The molecule has 0 fully saturated rings. The maximum atomic E-state index is 9.30. The van der Waals surface area contributed by atoms with Gasteiger partial charge in [0.25, 0.3) is 0 Å². The lowest BCUT2D eigenvalue weighted by Crippen LogP contribution is -2.05. The van der Waals surface area contributed by atoms with Crippen LogP contribution in [0.15, 0.2) is 54.7 Å². The number of hydrogen-bond donors (Lipinski definition) is 0. The van der Waals surface area contributed by atoms with Gasteiger partial charge < -0.3 is 4.57 Å². The summed E-state index contributed by atoms with van der Waals surface area (Å²) in [4.78, 5) is 0. The van der Waals surface area contributed by atoms with Crippen molar-refractivity contribution in [2.75, 3.05) is 0 Å². The molecular weight excluding hydrogens is 258 g/mol. The van der Waals surface area contributed by atoms with Crippen LogP contribution in [0.1, 0.15) is 29.7 Å². The zero-order chi connectivity index (χ0) is 14.8. The zero-order valence-corrected chi connectivity index (χ0v) is 11.6. The van der Waals surface area contributed by atoms with E-state index in [1.165, 1.54) is 5.56 Å². The first-order chi connectivity index (χ1) is 10.3. The molecule has 2 aromatic carbocycles. The summed E-state index contributed by atoms with van der Waals surface area (Å²) in [5.41, 5.74) is 3.06. The number of benzene rings is 2. The molecule has 0 radical (unpaired) electrons. The largest absolute Gasteiger partial charge is 0.340 e. The van der Waals surface area contributed by atoms with Crippen LogP contribution in [0, 0.1) is 22.7 Å². The van der Waals surface area contributed by atoms with E-state index in [0.717, 1.165) is 10.9 Å². The molecule has 0 spiro atoms. The molecule has 3 nitrogen and oxygen atoms in total. The molecule has 1 heterocycles. The molecule has 0 aliphatic carbocycles. The monoisotopic (exact) mass is 271 g/mol. The average Bonchev–Trinajstić information content (AvgIpc) is 2.97. The normalized spacial score (nSPS) is 11.8. The zero-order valence-electron chi connectivity index (χ0n) is 11.6. The summed E-state index contributed by atoms with van der Waals surface area (Å²) in [7, 11) is 0. The summed E-state index contributed by atoms with van der Waals surface area (Å²) >= 11 is 0. The van der Waals surface area contributed by atoms with Crippen LogP contribution in [0.4, 0.5) is 0 Å². The van der Waals surface area contributed by atoms with E-state index < -0.39 is 0 Å². The molecule has 1 aromatic heterocycles. The molecule has 100 valence electrons. The number of aromatic nitrogens is 1. The molecule has 0 amide bonds. The van der Waals surface area contributed by atoms with Crippen molar-refractivity contribution in [3.05, 3.63) is 71.4 Å². The SMILES string of the molecule is C[C@H](c1ccccc1)n1ccc2c(C#N)c(C#N)ccc21. The molecular formula is C18H13N3. The van der Waals surface area contributed by atoms with Crippen molar-refractivity contribution in [2.24, 2.45) is 0 Å². The minimum atomic E-state index is 0.170. The Labute approximate surface area is 123 Å². The van der Waals surface area contributed by atoms with Crippen molar-refractivity contribution in [2.45, 2.75) is 13.0 Å². The van der Waals surface area contributed by atoms with Gasteiger partial charge in [0.1, 0.15) is 12.1 Å². The quantitative estimate of drug-likeness (QED) is 0.707. The maximum absolute atomic E-state index is 9.30. The predicted octanol–water partition coefficient (Wildman–Crippen LogP) is 3.99. The summed E-state index contributed by atoms with van der Waals surface area (Å²) in [5, 5.41) is 19.2. The number of nitrogens with zero attached hydrogens (tertiary/aromatic N) is 3. The Morgan fingerprint density at radius 2 is 1.71 bits per heavy atom. The van der Waals surface area contributed by atoms with Crippen molar-refractivity contribution in [1.29, 1.82) is 10.5 Å². The molecule has 0 aliphatic heterocycles. The first-order valence-electron chi connectivity index (χ1n) is 6.75. The average molecular weight is 271 g/mol. The molecule has 3 rings (SSSR count). The fourth-order valence-corrected chi connectivity index (χ4v) is 2.68. The van der Waals surface area contributed by atoms with Crippen molar-refractivity contribution in [1.82, 2.24) is 4.57 Å². The highest BCUT2D eigenvalue weighted by Gasteiger charge is 2.14. The molecule has 0 saturated heterocycles. The lowest BCUT2D eigenvalue weighted by Gasteiger charge is -2.16. The van der Waals surface area contributed by atoms with Crippen LogP contribution in [0.3, 0.4) is 0 Å². The highest BCUT2D eigenvalue weighted by Crippen LogP contribution is 2.28. The van der Waals surface area contributed by atoms with E-state index in [9.17, 15) is 5.26 Å². The lowest BCUT2D eigenvalue weighted by molar-refractivity contribution is 0.664. The number of hydrogen-bond acceptors (Lipinski definition) is 2. The Hall–Kier alpha value is -3.04. The van der Waals surface area contributed by atoms with Crippen molar-refractivity contribution in [3.8, 4) is 12.1 Å². The topological polar surface area (TPSA) is 52.5 Å². The second-order valence-corrected chi connectivity index (χ2v) is 4.95. The van der Waals surface area contributed by atoms with Gasteiger partial charge in [-0.3, -0.25) is 0 Å². The van der Waals surface area contributed by atoms with Gasteiger partial charge in [0, 0.05) is 17.1 Å². The molecule has 3 aromatic rings. The summed E-state index contributed by atoms with van der Waals surface area (Å²) in [6, 6.07) is 20.1. The standard InChI is InChI=1S/C18H13N3/c1-13(14-5-3-2-4-6-14)21-10-9-16-17(12-20)15(11-19)7-8-18(16)21/h2-10,13H,1H3/t13-/m1/s1. The third kappa shape index (κ3) is 2.06. The highest BCUT2D eigenvalue weighted by atomic mass is 15.0. The molecule has 0 aliphatic rings. The van der Waals surface area contributed by atoms with Gasteiger partial charge in [-0.05, 0) is 30.7 Å². The van der Waals surface area contributed by atoms with Gasteiger partial charge in [-0.15, -0.1) is 0 Å². The van der Waals surface area contributed by atoms with Gasteiger partial charge in [-0.2, -0.15) is 10.5 Å². The Balaban J connectivity index is 2.19. The van der Waals surface area contributed by atoms with Crippen LogP contribution >= 0.6 is 0 Å². The van der Waals surface area contributed by atoms with Crippen molar-refractivity contribution < 1.29 is 0 Å². The van der Waals surface area contributed by atoms with E-state index in [2.05, 4.69) is 35.8 Å². The van der Waals surface area contributed by atoms with Crippen LogP contribution in [-0.4, -0.2) is 4.57 Å². The molecule has 1 atom stereocenters. The summed E-state index contributed by atoms with van der Waals surface area (Å²) < 4.78 is 2.13. The fraction of sp³-hybridized carbons (Fsp3) is 0.111. The van der Waals surface area contributed by atoms with Crippen molar-refractivity contribution >= 4 is 10.9 Å². The molecule has 0 N–H and O–H groups in total. The first kappa shape index (κ1) is 13.0. The molecule has 21 heavy (non-hydrogen) atoms. The van der Waals surface area contributed by atoms with Crippen molar-refractivity contribution in [3.63, 3.8) is 0 Å². The van der Waals surface area contributed by atoms with E-state index in [0.29, 0.717) is 11.1 Å². The lowest BCUT2D eigenvalue weighted by atomic mass is 10.0. The summed E-state index contributed by atoms with van der Waals surface area (Å²) in [6.07, 6.45) is 1.98. The van der Waals surface area contributed by atoms with E-state index in [4.69, 9.17) is 5.26 Å². The Morgan fingerprint density at radius 3 is 2.38 bits per heavy atom. The first-order valence-corrected chi connectivity index (χ1v) is 6.75. The Bertz CT molecular complexity index is 876. The van der Waals surface area contributed by atoms with Gasteiger partial charge in [-0.1, -0.05) is 30.3 Å². The Morgan fingerprint density at radius 1 is 0.952 bits per heavy atom. The molecule has 3 heteroatoms. The minimum Gasteiger partial charge on any atom is -0.340 e. The predicted molar refractivity (Wildman–Crippen MR) is 81.6 cm³/mol. The number of fused-ring (bicyclic) bond motifs is 1. The van der Waals surface area contributed by atoms with Crippen LogP contribution in [0.25, 0.3) is 10.9 Å². The summed E-state index contributed by atoms with van der Waals surface area (Å²) in [6.45, 7) is 2.12. The summed E-state index contributed by atoms with van der Waals surface area (Å²) in [5.74, 6) is 0. The third-order valence-electron chi connectivity index (χ3n) is 3.83. The van der Waals surface area contributed by atoms with Gasteiger partial charge in [0.15, 0.2) is 0 Å². The number of nitriles is 2. The minimum absolute atomic E-state index is 0.170. The molecule has 0 bridgehead atoms. The van der Waals surface area contributed by atoms with Crippen LogP contribution < -0.4 is 0 Å². The van der Waals surface area contributed by atoms with Crippen LogP contribution in [0.5, 0.6) is 0 Å². The van der Waals surface area contributed by atoms with E-state index >= 15 is 0 Å². The Kier molecular flexibility index (Phi) is 3.18. The molecule has 0 unspecified atom stereocenters. The van der Waals surface area contributed by atoms with Gasteiger partial charge in [0.2, 0.25) is 0 Å². The van der Waals surface area contributed by atoms with E-state index in [-0.39, 0.29) is 6.04 Å². The van der Waals surface area contributed by atoms with Crippen LogP contribution in [0.2, 0.25) is 0 Å². The van der Waals surface area contributed by atoms with Gasteiger partial charge >= 0.3 is 0 Å². The van der Waals surface area contributed by atoms with E-state index in [1.54, 1.807) is 6.07 Å². The van der Waals surface area contributed by atoms with Gasteiger partial charge in [-0.25, -0.2) is 0 Å². The third-order valence-corrected chi connectivity index (χ3v) is 3.83. The maximum Gasteiger partial charge on any atom is 0.101 e. The highest BCUT2D eigenvalue weighted by molar-refractivity contribution is 5.88. The second kappa shape index (κ2) is 5.15. The van der Waals surface area contributed by atoms with Gasteiger partial charge in [0.05, 0.1) is 17.2 Å².